The Bertz CT molecular complexity index is 577. The van der Waals surface area contributed by atoms with Crippen LogP contribution in [0.3, 0.4) is 0 Å². The van der Waals surface area contributed by atoms with Gasteiger partial charge in [-0.15, -0.1) is 0 Å². The molecule has 0 unspecified atom stereocenters. The third-order valence-electron chi connectivity index (χ3n) is 4.32. The van der Waals surface area contributed by atoms with Crippen LogP contribution in [-0.2, 0) is 4.74 Å². The lowest BCUT2D eigenvalue weighted by Crippen LogP contribution is -2.46. The summed E-state index contributed by atoms with van der Waals surface area (Å²) in [5.41, 5.74) is 5.81. The standard InChI is InChI=1S/C18H27ClN2O3/c1-18(2)12-14(7-10-24-18)21(3)17(22)13-5-6-16(15(19)11-13)23-9-4-8-20/h5-6,11,14H,4,7-10,12,20H2,1-3H3/t14-/m1/s1. The Kier molecular flexibility index (Phi) is 6.49. The molecule has 0 aliphatic carbocycles. The van der Waals surface area contributed by atoms with E-state index in [4.69, 9.17) is 26.8 Å². The van der Waals surface area contributed by atoms with Gasteiger partial charge in [-0.05, 0) is 57.9 Å². The minimum Gasteiger partial charge on any atom is -0.492 e. The highest BCUT2D eigenvalue weighted by Crippen LogP contribution is 2.29. The number of hydrogen-bond acceptors (Lipinski definition) is 4. The summed E-state index contributed by atoms with van der Waals surface area (Å²) >= 11 is 6.24. The van der Waals surface area contributed by atoms with Gasteiger partial charge in [0.1, 0.15) is 5.75 Å². The first-order chi connectivity index (χ1) is 11.3. The van der Waals surface area contributed by atoms with E-state index in [1.54, 1.807) is 23.1 Å². The molecule has 2 N–H and O–H groups in total. The second-order valence-electron chi connectivity index (χ2n) is 6.81. The average Bonchev–Trinajstić information content (AvgIpc) is 2.54. The van der Waals surface area contributed by atoms with Gasteiger partial charge in [0, 0.05) is 25.3 Å². The maximum absolute atomic E-state index is 12.7. The molecular weight excluding hydrogens is 328 g/mol. The topological polar surface area (TPSA) is 64.8 Å². The Morgan fingerprint density at radius 3 is 2.88 bits per heavy atom. The van der Waals surface area contributed by atoms with Crippen LogP contribution in [0.25, 0.3) is 0 Å². The van der Waals surface area contributed by atoms with Gasteiger partial charge in [-0.25, -0.2) is 0 Å². The molecular formula is C18H27ClN2O3. The van der Waals surface area contributed by atoms with E-state index in [2.05, 4.69) is 13.8 Å². The first kappa shape index (κ1) is 19.0. The van der Waals surface area contributed by atoms with Crippen molar-refractivity contribution in [3.63, 3.8) is 0 Å². The monoisotopic (exact) mass is 354 g/mol. The molecule has 134 valence electrons. The summed E-state index contributed by atoms with van der Waals surface area (Å²) in [6.45, 7) is 5.87. The maximum Gasteiger partial charge on any atom is 0.253 e. The molecule has 1 amide bonds. The van der Waals surface area contributed by atoms with Gasteiger partial charge in [-0.1, -0.05) is 11.6 Å². The van der Waals surface area contributed by atoms with Crippen LogP contribution in [0.1, 0.15) is 43.5 Å². The van der Waals surface area contributed by atoms with Gasteiger partial charge in [-0.3, -0.25) is 4.79 Å². The number of ether oxygens (including phenoxy) is 2. The molecule has 0 spiro atoms. The van der Waals surface area contributed by atoms with Crippen LogP contribution >= 0.6 is 11.6 Å². The van der Waals surface area contributed by atoms with Crippen molar-refractivity contribution in [1.29, 1.82) is 0 Å². The fraction of sp³-hybridized carbons (Fsp3) is 0.611. The molecule has 1 aromatic carbocycles. The van der Waals surface area contributed by atoms with E-state index >= 15 is 0 Å². The van der Waals surface area contributed by atoms with Crippen molar-refractivity contribution >= 4 is 17.5 Å². The van der Waals surface area contributed by atoms with Crippen molar-refractivity contribution in [3.8, 4) is 5.75 Å². The molecule has 0 aromatic heterocycles. The zero-order chi connectivity index (χ0) is 17.7. The normalized spacial score (nSPS) is 19.8. The van der Waals surface area contributed by atoms with Crippen molar-refractivity contribution in [2.75, 3.05) is 26.8 Å². The fourth-order valence-electron chi connectivity index (χ4n) is 2.92. The third kappa shape index (κ3) is 4.85. The SMILES string of the molecule is CN(C(=O)c1ccc(OCCCN)c(Cl)c1)[C@@H]1CCOC(C)(C)C1. The van der Waals surface area contributed by atoms with E-state index in [0.29, 0.717) is 36.1 Å². The van der Waals surface area contributed by atoms with E-state index in [0.717, 1.165) is 19.3 Å². The maximum atomic E-state index is 12.7. The Morgan fingerprint density at radius 1 is 1.50 bits per heavy atom. The summed E-state index contributed by atoms with van der Waals surface area (Å²) in [7, 11) is 1.84. The Morgan fingerprint density at radius 2 is 2.25 bits per heavy atom. The van der Waals surface area contributed by atoms with E-state index < -0.39 is 0 Å². The highest BCUT2D eigenvalue weighted by molar-refractivity contribution is 6.32. The lowest BCUT2D eigenvalue weighted by molar-refractivity contribution is -0.0756. The lowest BCUT2D eigenvalue weighted by atomic mass is 9.92. The van der Waals surface area contributed by atoms with E-state index in [1.807, 2.05) is 7.05 Å². The molecule has 1 atom stereocenters. The summed E-state index contributed by atoms with van der Waals surface area (Å²) < 4.78 is 11.3. The zero-order valence-electron chi connectivity index (χ0n) is 14.7. The van der Waals surface area contributed by atoms with Gasteiger partial charge in [-0.2, -0.15) is 0 Å². The Balaban J connectivity index is 2.04. The van der Waals surface area contributed by atoms with Crippen molar-refractivity contribution in [1.82, 2.24) is 4.90 Å². The molecule has 0 saturated carbocycles. The molecule has 6 heteroatoms. The Hall–Kier alpha value is -1.30. The van der Waals surface area contributed by atoms with Crippen molar-refractivity contribution in [3.05, 3.63) is 28.8 Å². The minimum atomic E-state index is -0.199. The van der Waals surface area contributed by atoms with Crippen LogP contribution in [0.4, 0.5) is 0 Å². The van der Waals surface area contributed by atoms with Crippen molar-refractivity contribution in [2.24, 2.45) is 5.73 Å². The van der Waals surface area contributed by atoms with E-state index in [1.165, 1.54) is 0 Å². The smallest absolute Gasteiger partial charge is 0.253 e. The number of halogens is 1. The predicted octanol–water partition coefficient (Wildman–Crippen LogP) is 3.10. The molecule has 1 aliphatic heterocycles. The number of nitrogens with zero attached hydrogens (tertiary/aromatic N) is 1. The predicted molar refractivity (Wildman–Crippen MR) is 95.8 cm³/mol. The van der Waals surface area contributed by atoms with Gasteiger partial charge in [0.05, 0.1) is 17.2 Å². The minimum absolute atomic E-state index is 0.0342. The number of hydrogen-bond donors (Lipinski definition) is 1. The van der Waals surface area contributed by atoms with Crippen LogP contribution in [-0.4, -0.2) is 49.3 Å². The van der Waals surface area contributed by atoms with Gasteiger partial charge < -0.3 is 20.1 Å². The van der Waals surface area contributed by atoms with Crippen molar-refractivity contribution < 1.29 is 14.3 Å². The molecule has 1 aromatic rings. The molecule has 5 nitrogen and oxygen atoms in total. The third-order valence-corrected chi connectivity index (χ3v) is 4.62. The first-order valence-corrected chi connectivity index (χ1v) is 8.75. The number of carbonyl (C=O) groups excluding carboxylic acids is 1. The van der Waals surface area contributed by atoms with E-state index in [-0.39, 0.29) is 17.6 Å². The summed E-state index contributed by atoms with van der Waals surface area (Å²) in [5.74, 6) is 0.546. The highest BCUT2D eigenvalue weighted by Gasteiger charge is 2.33. The molecule has 0 radical (unpaired) electrons. The number of nitrogens with two attached hydrogens (primary N) is 1. The summed E-state index contributed by atoms with van der Waals surface area (Å²) in [6.07, 6.45) is 2.43. The molecule has 1 aliphatic rings. The highest BCUT2D eigenvalue weighted by atomic mass is 35.5. The van der Waals surface area contributed by atoms with Gasteiger partial charge >= 0.3 is 0 Å². The van der Waals surface area contributed by atoms with Gasteiger partial charge in [0.15, 0.2) is 0 Å². The molecule has 1 fully saturated rings. The average molecular weight is 355 g/mol. The van der Waals surface area contributed by atoms with Crippen LogP contribution in [0.5, 0.6) is 5.75 Å². The Labute approximate surface area is 149 Å². The first-order valence-electron chi connectivity index (χ1n) is 8.37. The van der Waals surface area contributed by atoms with Crippen LogP contribution in [0.2, 0.25) is 5.02 Å². The number of carbonyl (C=O) groups is 1. The molecule has 2 rings (SSSR count). The van der Waals surface area contributed by atoms with Crippen LogP contribution in [0, 0.1) is 0 Å². The fourth-order valence-corrected chi connectivity index (χ4v) is 3.15. The lowest BCUT2D eigenvalue weighted by Gasteiger charge is -2.39. The van der Waals surface area contributed by atoms with E-state index in [9.17, 15) is 4.79 Å². The molecule has 24 heavy (non-hydrogen) atoms. The van der Waals surface area contributed by atoms with Gasteiger partial charge in [0.2, 0.25) is 0 Å². The zero-order valence-corrected chi connectivity index (χ0v) is 15.4. The summed E-state index contributed by atoms with van der Waals surface area (Å²) in [4.78, 5) is 14.5. The molecule has 0 bridgehead atoms. The second-order valence-corrected chi connectivity index (χ2v) is 7.21. The molecule has 1 heterocycles. The van der Waals surface area contributed by atoms with Crippen molar-refractivity contribution in [2.45, 2.75) is 44.8 Å². The number of rotatable bonds is 6. The second kappa shape index (κ2) is 8.19. The van der Waals surface area contributed by atoms with Gasteiger partial charge in [0.25, 0.3) is 5.91 Å². The van der Waals surface area contributed by atoms with Crippen LogP contribution in [0.15, 0.2) is 18.2 Å². The largest absolute Gasteiger partial charge is 0.492 e. The summed E-state index contributed by atoms with van der Waals surface area (Å²) in [6, 6.07) is 5.34. The van der Waals surface area contributed by atoms with Crippen LogP contribution < -0.4 is 10.5 Å². The molecule has 1 saturated heterocycles. The number of benzene rings is 1. The summed E-state index contributed by atoms with van der Waals surface area (Å²) in [5, 5.41) is 0.443. The quantitative estimate of drug-likeness (QED) is 0.797. The number of amides is 1.